The van der Waals surface area contributed by atoms with Crippen LogP contribution in [-0.2, 0) is 19.1 Å². The first kappa shape index (κ1) is 15.9. The van der Waals surface area contributed by atoms with Crippen LogP contribution in [0.4, 0.5) is 0 Å². The van der Waals surface area contributed by atoms with Crippen molar-refractivity contribution in [1.82, 2.24) is 0 Å². The molecule has 0 aromatic rings. The predicted octanol–water partition coefficient (Wildman–Crippen LogP) is 3.21. The Kier molecular flexibility index (Phi) is 9.97. The third-order valence-corrected chi connectivity index (χ3v) is 2.93. The maximum atomic E-state index is 10.1. The summed E-state index contributed by atoms with van der Waals surface area (Å²) in [5.74, 6) is 0. The molecule has 97 valence electrons. The summed E-state index contributed by atoms with van der Waals surface area (Å²) in [5, 5.41) is 0. The highest BCUT2D eigenvalue weighted by molar-refractivity contribution is 7.80. The van der Waals surface area contributed by atoms with Crippen molar-refractivity contribution >= 4 is 10.4 Å². The molecule has 0 aliphatic rings. The van der Waals surface area contributed by atoms with E-state index in [9.17, 15) is 13.0 Å². The zero-order valence-electron chi connectivity index (χ0n) is 10.1. The summed E-state index contributed by atoms with van der Waals surface area (Å²) < 4.78 is 34.4. The van der Waals surface area contributed by atoms with Gasteiger partial charge in [-0.05, 0) is 6.42 Å². The second-order valence-corrected chi connectivity index (χ2v) is 5.11. The lowest BCUT2D eigenvalue weighted by molar-refractivity contribution is 0.238. The largest absolute Gasteiger partial charge is 0.427 e. The molecule has 5 heteroatoms. The van der Waals surface area contributed by atoms with Crippen LogP contribution in [0, 0.1) is 0 Å². The van der Waals surface area contributed by atoms with Gasteiger partial charge in [-0.3, -0.25) is 0 Å². The van der Waals surface area contributed by atoms with E-state index in [1.165, 1.54) is 38.5 Å². The Labute approximate surface area is 99.3 Å². The van der Waals surface area contributed by atoms with Crippen LogP contribution in [0.2, 0.25) is 0 Å². The zero-order chi connectivity index (χ0) is 12.3. The Balaban J connectivity index is 3.05. The van der Waals surface area contributed by atoms with Gasteiger partial charge in [-0.25, -0.2) is 4.18 Å². The van der Waals surface area contributed by atoms with Crippen LogP contribution in [0.1, 0.15) is 64.7 Å². The van der Waals surface area contributed by atoms with Crippen LogP contribution in [0.15, 0.2) is 0 Å². The molecule has 0 N–H and O–H groups in total. The van der Waals surface area contributed by atoms with Gasteiger partial charge in [0.1, 0.15) is 0 Å². The van der Waals surface area contributed by atoms with Crippen LogP contribution < -0.4 is 0 Å². The normalized spacial score (nSPS) is 11.9. The highest BCUT2D eigenvalue weighted by Gasteiger charge is 2.05. The quantitative estimate of drug-likeness (QED) is 0.530. The van der Waals surface area contributed by atoms with E-state index in [2.05, 4.69) is 11.1 Å². The third kappa shape index (κ3) is 13.9. The van der Waals surface area contributed by atoms with Crippen LogP contribution in [0.25, 0.3) is 0 Å². The molecule has 0 aromatic carbocycles. The summed E-state index contributed by atoms with van der Waals surface area (Å²) >= 11 is 0. The summed E-state index contributed by atoms with van der Waals surface area (Å²) in [5.41, 5.74) is 0. The van der Waals surface area contributed by atoms with Gasteiger partial charge in [-0.2, -0.15) is 8.42 Å². The van der Waals surface area contributed by atoms with E-state index >= 15 is 0 Å². The van der Waals surface area contributed by atoms with Crippen LogP contribution in [0.3, 0.4) is 0 Å². The molecule has 0 rings (SSSR count). The SMILES string of the molecule is CCCCCCCCCCCOS([O])(=O)=O. The molecule has 0 unspecified atom stereocenters. The molecule has 0 bridgehead atoms. The van der Waals surface area contributed by atoms with Gasteiger partial charge in [0.2, 0.25) is 0 Å². The second-order valence-electron chi connectivity index (χ2n) is 4.06. The molecule has 16 heavy (non-hydrogen) atoms. The molecule has 0 aliphatic carbocycles. The van der Waals surface area contributed by atoms with E-state index in [1.54, 1.807) is 0 Å². The molecule has 0 aromatic heterocycles. The highest BCUT2D eigenvalue weighted by Crippen LogP contribution is 2.09. The average Bonchev–Trinajstić information content (AvgIpc) is 2.19. The lowest BCUT2D eigenvalue weighted by Crippen LogP contribution is -2.03. The smallest absolute Gasteiger partial charge is 0.246 e. The molecule has 0 spiro atoms. The lowest BCUT2D eigenvalue weighted by atomic mass is 10.1. The van der Waals surface area contributed by atoms with Gasteiger partial charge < -0.3 is 0 Å². The first-order valence-corrected chi connectivity index (χ1v) is 7.50. The molecule has 4 nitrogen and oxygen atoms in total. The summed E-state index contributed by atoms with van der Waals surface area (Å²) in [6.07, 6.45) is 10.3. The maximum absolute atomic E-state index is 10.1. The number of hydrogen-bond donors (Lipinski definition) is 0. The number of rotatable bonds is 11. The van der Waals surface area contributed by atoms with E-state index in [1.807, 2.05) is 0 Å². The van der Waals surface area contributed by atoms with Crippen molar-refractivity contribution < 1.29 is 17.2 Å². The fraction of sp³-hybridized carbons (Fsp3) is 1.00. The van der Waals surface area contributed by atoms with Gasteiger partial charge in [0, 0.05) is 0 Å². The summed E-state index contributed by atoms with van der Waals surface area (Å²) in [6.45, 7) is 2.23. The Bertz CT molecular complexity index is 236. The van der Waals surface area contributed by atoms with E-state index in [0.717, 1.165) is 12.8 Å². The minimum Gasteiger partial charge on any atom is -0.246 e. The van der Waals surface area contributed by atoms with Crippen LogP contribution in [0.5, 0.6) is 0 Å². The molecule has 0 saturated heterocycles. The Morgan fingerprint density at radius 2 is 1.25 bits per heavy atom. The molecule has 0 amide bonds. The molecule has 0 aliphatic heterocycles. The molecule has 0 heterocycles. The van der Waals surface area contributed by atoms with Crippen LogP contribution in [-0.4, -0.2) is 15.0 Å². The Hall–Kier alpha value is -0.130. The Morgan fingerprint density at radius 1 is 0.812 bits per heavy atom. The van der Waals surface area contributed by atoms with E-state index in [4.69, 9.17) is 0 Å². The lowest BCUT2D eigenvalue weighted by Gasteiger charge is -2.01. The minimum absolute atomic E-state index is 0.0294. The monoisotopic (exact) mass is 251 g/mol. The highest BCUT2D eigenvalue weighted by atomic mass is 32.3. The van der Waals surface area contributed by atoms with Crippen molar-refractivity contribution in [2.75, 3.05) is 6.61 Å². The second kappa shape index (κ2) is 10.1. The minimum atomic E-state index is -4.48. The van der Waals surface area contributed by atoms with Crippen molar-refractivity contribution in [2.24, 2.45) is 0 Å². The van der Waals surface area contributed by atoms with Gasteiger partial charge in [-0.1, -0.05) is 62.8 Å². The van der Waals surface area contributed by atoms with Crippen molar-refractivity contribution in [3.05, 3.63) is 0 Å². The van der Waals surface area contributed by atoms with Gasteiger partial charge in [-0.15, -0.1) is 0 Å². The van der Waals surface area contributed by atoms with E-state index in [0.29, 0.717) is 6.42 Å². The Morgan fingerprint density at radius 3 is 1.69 bits per heavy atom. The van der Waals surface area contributed by atoms with Crippen molar-refractivity contribution in [1.29, 1.82) is 0 Å². The standard InChI is InChI=1S/C11H23O4S/c1-2-3-4-5-6-7-8-9-10-11-15-16(12,13)14/h2-11H2,1H3. The molecule has 0 fully saturated rings. The van der Waals surface area contributed by atoms with Crippen LogP contribution >= 0.6 is 0 Å². The van der Waals surface area contributed by atoms with E-state index in [-0.39, 0.29) is 6.61 Å². The molecule has 0 atom stereocenters. The molecular formula is C11H23O4S. The van der Waals surface area contributed by atoms with Crippen molar-refractivity contribution in [3.8, 4) is 0 Å². The summed E-state index contributed by atoms with van der Waals surface area (Å²) in [6, 6.07) is 0. The number of hydrogen-bond acceptors (Lipinski definition) is 3. The fourth-order valence-corrected chi connectivity index (χ4v) is 1.90. The topological polar surface area (TPSA) is 63.3 Å². The zero-order valence-corrected chi connectivity index (χ0v) is 10.9. The first-order chi connectivity index (χ1) is 7.56. The molecule has 1 radical (unpaired) electrons. The van der Waals surface area contributed by atoms with Crippen molar-refractivity contribution in [2.45, 2.75) is 64.7 Å². The molecular weight excluding hydrogens is 228 g/mol. The molecule has 0 saturated carbocycles. The average molecular weight is 251 g/mol. The van der Waals surface area contributed by atoms with Gasteiger partial charge in [0.25, 0.3) is 0 Å². The first-order valence-electron chi connectivity index (χ1n) is 6.16. The van der Waals surface area contributed by atoms with Crippen molar-refractivity contribution in [3.63, 3.8) is 0 Å². The third-order valence-electron chi connectivity index (χ3n) is 2.48. The van der Waals surface area contributed by atoms with Gasteiger partial charge in [0.05, 0.1) is 6.61 Å². The van der Waals surface area contributed by atoms with Gasteiger partial charge >= 0.3 is 10.4 Å². The summed E-state index contributed by atoms with van der Waals surface area (Å²) in [7, 11) is -4.48. The van der Waals surface area contributed by atoms with E-state index < -0.39 is 10.4 Å². The maximum Gasteiger partial charge on any atom is 0.427 e. The predicted molar refractivity (Wildman–Crippen MR) is 62.8 cm³/mol. The number of unbranched alkanes of at least 4 members (excludes halogenated alkanes) is 8. The fourth-order valence-electron chi connectivity index (χ4n) is 1.57. The van der Waals surface area contributed by atoms with Gasteiger partial charge in [0.15, 0.2) is 0 Å². The summed E-state index contributed by atoms with van der Waals surface area (Å²) in [4.78, 5) is 0.